The standard InChI is InChI=1S/C11H14F2/c1-7-10(12)6-8-4-2-3-5-9(8)11(7)13/h6,8-9H,2-5H2,1H3. The van der Waals surface area contributed by atoms with E-state index in [4.69, 9.17) is 0 Å². The van der Waals surface area contributed by atoms with Crippen molar-refractivity contribution in [2.45, 2.75) is 32.6 Å². The lowest BCUT2D eigenvalue weighted by atomic mass is 9.75. The highest BCUT2D eigenvalue weighted by Crippen LogP contribution is 2.43. The van der Waals surface area contributed by atoms with Crippen LogP contribution in [0, 0.1) is 11.8 Å². The Hall–Kier alpha value is -0.660. The summed E-state index contributed by atoms with van der Waals surface area (Å²) in [5.41, 5.74) is 0.225. The first-order valence-electron chi connectivity index (χ1n) is 4.94. The zero-order valence-electron chi connectivity index (χ0n) is 7.82. The van der Waals surface area contributed by atoms with Gasteiger partial charge < -0.3 is 0 Å². The molecule has 13 heavy (non-hydrogen) atoms. The average molecular weight is 184 g/mol. The Labute approximate surface area is 77.3 Å². The largest absolute Gasteiger partial charge is 0.211 e. The minimum atomic E-state index is -0.347. The fourth-order valence-corrected chi connectivity index (χ4v) is 2.38. The molecule has 0 nitrogen and oxygen atoms in total. The summed E-state index contributed by atoms with van der Waals surface area (Å²) < 4.78 is 26.7. The van der Waals surface area contributed by atoms with Crippen LogP contribution >= 0.6 is 0 Å². The molecule has 0 radical (unpaired) electrons. The van der Waals surface area contributed by atoms with Crippen molar-refractivity contribution in [3.8, 4) is 0 Å². The van der Waals surface area contributed by atoms with Gasteiger partial charge in [-0.15, -0.1) is 0 Å². The van der Waals surface area contributed by atoms with Crippen LogP contribution in [-0.2, 0) is 0 Å². The third-order valence-corrected chi connectivity index (χ3v) is 3.22. The summed E-state index contributed by atoms with van der Waals surface area (Å²) >= 11 is 0. The fourth-order valence-electron chi connectivity index (χ4n) is 2.38. The average Bonchev–Trinajstić information content (AvgIpc) is 2.15. The molecule has 0 amide bonds. The Morgan fingerprint density at radius 3 is 2.69 bits per heavy atom. The molecular formula is C11H14F2. The summed E-state index contributed by atoms with van der Waals surface area (Å²) in [5, 5.41) is 0. The normalized spacial score (nSPS) is 34.2. The molecule has 2 heteroatoms. The van der Waals surface area contributed by atoms with Crippen molar-refractivity contribution in [1.82, 2.24) is 0 Å². The van der Waals surface area contributed by atoms with E-state index in [0.29, 0.717) is 0 Å². The van der Waals surface area contributed by atoms with E-state index in [1.54, 1.807) is 6.08 Å². The van der Waals surface area contributed by atoms with Crippen LogP contribution in [0.15, 0.2) is 23.3 Å². The number of allylic oxidation sites excluding steroid dienone is 4. The van der Waals surface area contributed by atoms with E-state index in [1.807, 2.05) is 0 Å². The Morgan fingerprint density at radius 1 is 1.23 bits per heavy atom. The quantitative estimate of drug-likeness (QED) is 0.535. The van der Waals surface area contributed by atoms with Crippen molar-refractivity contribution >= 4 is 0 Å². The summed E-state index contributed by atoms with van der Waals surface area (Å²) in [7, 11) is 0. The van der Waals surface area contributed by atoms with Crippen LogP contribution in [0.1, 0.15) is 32.6 Å². The highest BCUT2D eigenvalue weighted by molar-refractivity contribution is 5.33. The van der Waals surface area contributed by atoms with Crippen molar-refractivity contribution in [2.75, 3.05) is 0 Å². The molecule has 0 N–H and O–H groups in total. The summed E-state index contributed by atoms with van der Waals surface area (Å²) in [6, 6.07) is 0. The van der Waals surface area contributed by atoms with Gasteiger partial charge >= 0.3 is 0 Å². The van der Waals surface area contributed by atoms with Gasteiger partial charge in [0.05, 0.1) is 0 Å². The van der Waals surface area contributed by atoms with Gasteiger partial charge in [0.1, 0.15) is 11.7 Å². The molecule has 0 aromatic heterocycles. The molecule has 2 aliphatic carbocycles. The molecular weight excluding hydrogens is 170 g/mol. The lowest BCUT2D eigenvalue weighted by Gasteiger charge is -2.31. The van der Waals surface area contributed by atoms with E-state index in [1.165, 1.54) is 6.92 Å². The molecule has 2 atom stereocenters. The van der Waals surface area contributed by atoms with Gasteiger partial charge in [-0.2, -0.15) is 0 Å². The maximum atomic E-state index is 13.6. The molecule has 0 spiro atoms. The third-order valence-electron chi connectivity index (χ3n) is 3.22. The Balaban J connectivity index is 2.30. The third kappa shape index (κ3) is 1.43. The van der Waals surface area contributed by atoms with Gasteiger partial charge in [-0.25, -0.2) is 8.78 Å². The lowest BCUT2D eigenvalue weighted by molar-refractivity contribution is 0.268. The summed E-state index contributed by atoms with van der Waals surface area (Å²) in [5.74, 6) is -0.448. The monoisotopic (exact) mass is 184 g/mol. The fraction of sp³-hybridized carbons (Fsp3) is 0.636. The van der Waals surface area contributed by atoms with Gasteiger partial charge in [0.15, 0.2) is 0 Å². The molecule has 0 heterocycles. The summed E-state index contributed by atoms with van der Waals surface area (Å²) in [4.78, 5) is 0. The SMILES string of the molecule is CC1=C(F)C2CCCCC2C=C1F. The van der Waals surface area contributed by atoms with E-state index >= 15 is 0 Å². The molecule has 2 unspecified atom stereocenters. The predicted octanol–water partition coefficient (Wildman–Crippen LogP) is 3.90. The first-order chi connectivity index (χ1) is 6.20. The zero-order valence-corrected chi connectivity index (χ0v) is 7.82. The molecule has 1 fully saturated rings. The van der Waals surface area contributed by atoms with Gasteiger partial charge in [0.25, 0.3) is 0 Å². The van der Waals surface area contributed by atoms with Crippen molar-refractivity contribution < 1.29 is 8.78 Å². The maximum Gasteiger partial charge on any atom is 0.125 e. The highest BCUT2D eigenvalue weighted by atomic mass is 19.1. The minimum absolute atomic E-state index is 0.0201. The highest BCUT2D eigenvalue weighted by Gasteiger charge is 2.32. The van der Waals surface area contributed by atoms with Gasteiger partial charge in [-0.3, -0.25) is 0 Å². The second-order valence-corrected chi connectivity index (χ2v) is 4.04. The predicted molar refractivity (Wildman–Crippen MR) is 48.4 cm³/mol. The lowest BCUT2D eigenvalue weighted by Crippen LogP contribution is -2.22. The van der Waals surface area contributed by atoms with Crippen LogP contribution in [0.5, 0.6) is 0 Å². The number of fused-ring (bicyclic) bond motifs is 1. The molecule has 0 aromatic rings. The first kappa shape index (κ1) is 8.92. The van der Waals surface area contributed by atoms with Crippen molar-refractivity contribution in [3.63, 3.8) is 0 Å². The number of hydrogen-bond acceptors (Lipinski definition) is 0. The first-order valence-corrected chi connectivity index (χ1v) is 4.94. The summed E-state index contributed by atoms with van der Waals surface area (Å²) in [6.07, 6.45) is 5.63. The maximum absolute atomic E-state index is 13.6. The molecule has 0 aliphatic heterocycles. The van der Waals surface area contributed by atoms with Gasteiger partial charge in [0, 0.05) is 11.5 Å². The molecule has 0 bridgehead atoms. The van der Waals surface area contributed by atoms with Gasteiger partial charge in [-0.1, -0.05) is 12.8 Å². The van der Waals surface area contributed by atoms with Crippen LogP contribution in [0.3, 0.4) is 0 Å². The van der Waals surface area contributed by atoms with Gasteiger partial charge in [0.2, 0.25) is 0 Å². The van der Waals surface area contributed by atoms with E-state index < -0.39 is 0 Å². The van der Waals surface area contributed by atoms with Crippen LogP contribution in [0.2, 0.25) is 0 Å². The Kier molecular flexibility index (Phi) is 2.22. The summed E-state index contributed by atoms with van der Waals surface area (Å²) in [6.45, 7) is 1.53. The van der Waals surface area contributed by atoms with Crippen LogP contribution in [-0.4, -0.2) is 0 Å². The van der Waals surface area contributed by atoms with E-state index in [0.717, 1.165) is 25.7 Å². The van der Waals surface area contributed by atoms with Crippen LogP contribution < -0.4 is 0 Å². The molecule has 1 saturated carbocycles. The molecule has 2 rings (SSSR count). The van der Waals surface area contributed by atoms with Crippen molar-refractivity contribution in [3.05, 3.63) is 23.3 Å². The van der Waals surface area contributed by atoms with Crippen LogP contribution in [0.4, 0.5) is 8.78 Å². The van der Waals surface area contributed by atoms with E-state index in [-0.39, 0.29) is 29.1 Å². The molecule has 72 valence electrons. The molecule has 2 aliphatic rings. The smallest absolute Gasteiger partial charge is 0.125 e. The topological polar surface area (TPSA) is 0 Å². The number of rotatable bonds is 0. The van der Waals surface area contributed by atoms with E-state index in [9.17, 15) is 8.78 Å². The van der Waals surface area contributed by atoms with Crippen molar-refractivity contribution in [1.29, 1.82) is 0 Å². The number of halogens is 2. The molecule has 0 saturated heterocycles. The minimum Gasteiger partial charge on any atom is -0.211 e. The Morgan fingerprint density at radius 2 is 1.92 bits per heavy atom. The second-order valence-electron chi connectivity index (χ2n) is 4.04. The Bertz CT molecular complexity index is 276. The molecule has 0 aromatic carbocycles. The zero-order chi connectivity index (χ0) is 9.42. The van der Waals surface area contributed by atoms with Crippen molar-refractivity contribution in [2.24, 2.45) is 11.8 Å². The number of hydrogen-bond donors (Lipinski definition) is 0. The van der Waals surface area contributed by atoms with Crippen LogP contribution in [0.25, 0.3) is 0 Å². The van der Waals surface area contributed by atoms with E-state index in [2.05, 4.69) is 0 Å². The van der Waals surface area contributed by atoms with Gasteiger partial charge in [-0.05, 0) is 31.8 Å². The second kappa shape index (κ2) is 3.24.